The van der Waals surface area contributed by atoms with Gasteiger partial charge < -0.3 is 0 Å². The van der Waals surface area contributed by atoms with Gasteiger partial charge in [0.05, 0.1) is 10.6 Å². The minimum absolute atomic E-state index is 0.110. The summed E-state index contributed by atoms with van der Waals surface area (Å²) in [6.45, 7) is 1.48. The largest absolute Gasteiger partial charge is 0.301 e. The molecule has 0 fully saturated rings. The Morgan fingerprint density at radius 2 is 1.72 bits per heavy atom. The van der Waals surface area contributed by atoms with Gasteiger partial charge in [0.25, 0.3) is 0 Å². The number of nitrogens with two attached hydrogens (primary N) is 1. The van der Waals surface area contributed by atoms with Crippen LogP contribution >= 0.6 is 0 Å². The first-order valence-corrected chi connectivity index (χ1v) is 7.87. The first-order valence-electron chi connectivity index (χ1n) is 4.88. The highest BCUT2D eigenvalue weighted by atomic mass is 32.2. The number of sulfonamides is 1. The Balaban J connectivity index is 3.30. The molecule has 0 saturated carbocycles. The Hall–Kier alpha value is -1.16. The third kappa shape index (κ3) is 3.19. The molecule has 9 heteroatoms. The smallest absolute Gasteiger partial charge is 0.271 e. The molecule has 0 radical (unpaired) electrons. The lowest BCUT2D eigenvalue weighted by Crippen LogP contribution is -2.29. The van der Waals surface area contributed by atoms with Crippen molar-refractivity contribution >= 4 is 25.9 Å². The molecule has 0 saturated heterocycles. The van der Waals surface area contributed by atoms with Crippen LogP contribution in [-0.2, 0) is 20.2 Å². The van der Waals surface area contributed by atoms with Crippen molar-refractivity contribution in [3.63, 3.8) is 0 Å². The molecule has 0 amide bonds. The van der Waals surface area contributed by atoms with Gasteiger partial charge in [-0.05, 0) is 24.6 Å². The predicted molar refractivity (Wildman–Crippen MR) is 68.8 cm³/mol. The molecule has 0 atom stereocenters. The molecular weight excluding hydrogens is 278 g/mol. The molecule has 0 bridgehead atoms. The van der Waals surface area contributed by atoms with Gasteiger partial charge in [0.1, 0.15) is 0 Å². The molecule has 0 aromatic heterocycles. The van der Waals surface area contributed by atoms with E-state index in [1.807, 2.05) is 0 Å². The monoisotopic (exact) mass is 293 g/mol. The second-order valence-corrected chi connectivity index (χ2v) is 7.28. The molecular formula is C9H15N3O4S2. The second kappa shape index (κ2) is 4.84. The summed E-state index contributed by atoms with van der Waals surface area (Å²) in [4.78, 5) is -0.110. The molecule has 1 aromatic rings. The van der Waals surface area contributed by atoms with Gasteiger partial charge in [-0.15, -0.1) is 0 Å². The zero-order chi connectivity index (χ0) is 14.1. The van der Waals surface area contributed by atoms with Crippen molar-refractivity contribution in [1.29, 1.82) is 0 Å². The maximum atomic E-state index is 11.6. The highest BCUT2D eigenvalue weighted by molar-refractivity contribution is 7.90. The van der Waals surface area contributed by atoms with Crippen molar-refractivity contribution in [1.82, 2.24) is 4.31 Å². The average molecular weight is 293 g/mol. The SMILES string of the molecule is Cc1c(NS(=O)(=O)N(C)C)cccc1S(N)(=O)=O. The van der Waals surface area contributed by atoms with E-state index in [1.54, 1.807) is 0 Å². The van der Waals surface area contributed by atoms with Crippen LogP contribution in [0.5, 0.6) is 0 Å². The average Bonchev–Trinajstić information content (AvgIpc) is 2.18. The Morgan fingerprint density at radius 1 is 1.17 bits per heavy atom. The van der Waals surface area contributed by atoms with Crippen molar-refractivity contribution in [2.75, 3.05) is 18.8 Å². The topological polar surface area (TPSA) is 110 Å². The number of nitrogens with one attached hydrogen (secondary N) is 1. The molecule has 0 aliphatic rings. The number of nitrogens with zero attached hydrogens (tertiary/aromatic N) is 1. The van der Waals surface area contributed by atoms with Gasteiger partial charge in [-0.1, -0.05) is 6.07 Å². The van der Waals surface area contributed by atoms with Crippen molar-refractivity contribution in [3.8, 4) is 0 Å². The fourth-order valence-electron chi connectivity index (χ4n) is 1.26. The normalized spacial score (nSPS) is 12.7. The lowest BCUT2D eigenvalue weighted by molar-refractivity contribution is 0.526. The summed E-state index contributed by atoms with van der Waals surface area (Å²) in [6.07, 6.45) is 0. The zero-order valence-electron chi connectivity index (χ0n) is 10.2. The van der Waals surface area contributed by atoms with Gasteiger partial charge in [0.2, 0.25) is 10.0 Å². The molecule has 18 heavy (non-hydrogen) atoms. The minimum Gasteiger partial charge on any atom is -0.271 e. The van der Waals surface area contributed by atoms with Crippen molar-refractivity contribution in [3.05, 3.63) is 23.8 Å². The third-order valence-corrected chi connectivity index (χ3v) is 4.80. The van der Waals surface area contributed by atoms with E-state index in [4.69, 9.17) is 5.14 Å². The summed E-state index contributed by atoms with van der Waals surface area (Å²) in [5.41, 5.74) is 0.431. The lowest BCUT2D eigenvalue weighted by atomic mass is 10.2. The van der Waals surface area contributed by atoms with E-state index in [0.717, 1.165) is 4.31 Å². The molecule has 102 valence electrons. The quantitative estimate of drug-likeness (QED) is 0.805. The van der Waals surface area contributed by atoms with Crippen LogP contribution in [0.1, 0.15) is 5.56 Å². The summed E-state index contributed by atoms with van der Waals surface area (Å²) >= 11 is 0. The minimum atomic E-state index is -3.88. The highest BCUT2D eigenvalue weighted by Crippen LogP contribution is 2.23. The van der Waals surface area contributed by atoms with Crippen LogP contribution < -0.4 is 9.86 Å². The summed E-state index contributed by atoms with van der Waals surface area (Å²) in [5, 5.41) is 5.03. The number of benzene rings is 1. The number of rotatable bonds is 4. The van der Waals surface area contributed by atoms with E-state index in [-0.39, 0.29) is 16.1 Å². The molecule has 0 aliphatic carbocycles. The van der Waals surface area contributed by atoms with Crippen molar-refractivity contribution < 1.29 is 16.8 Å². The molecule has 1 rings (SSSR count). The van der Waals surface area contributed by atoms with Gasteiger partial charge in [-0.2, -0.15) is 12.7 Å². The van der Waals surface area contributed by atoms with Crippen LogP contribution in [-0.4, -0.2) is 35.2 Å². The zero-order valence-corrected chi connectivity index (χ0v) is 11.8. The highest BCUT2D eigenvalue weighted by Gasteiger charge is 2.18. The van der Waals surface area contributed by atoms with Crippen molar-refractivity contribution in [2.24, 2.45) is 5.14 Å². The first-order chi connectivity index (χ1) is 8.05. The van der Waals surface area contributed by atoms with Crippen LogP contribution in [0.15, 0.2) is 23.1 Å². The van der Waals surface area contributed by atoms with Gasteiger partial charge in [0.15, 0.2) is 0 Å². The Kier molecular flexibility index (Phi) is 4.01. The Labute approximate surface area is 107 Å². The lowest BCUT2D eigenvalue weighted by Gasteiger charge is -2.16. The van der Waals surface area contributed by atoms with Gasteiger partial charge >= 0.3 is 10.2 Å². The predicted octanol–water partition coefficient (Wildman–Crippen LogP) is -0.139. The van der Waals surface area contributed by atoms with E-state index in [0.29, 0.717) is 0 Å². The van der Waals surface area contributed by atoms with Crippen LogP contribution in [0.3, 0.4) is 0 Å². The van der Waals surface area contributed by atoms with Gasteiger partial charge in [-0.3, -0.25) is 4.72 Å². The standard InChI is InChI=1S/C9H15N3O4S2/c1-7-8(11-18(15,16)12(2)3)5-4-6-9(7)17(10,13)14/h4-6,11H,1-3H3,(H2,10,13,14). The van der Waals surface area contributed by atoms with Crippen molar-refractivity contribution in [2.45, 2.75) is 11.8 Å². The maximum absolute atomic E-state index is 11.6. The van der Waals surface area contributed by atoms with E-state index < -0.39 is 20.2 Å². The third-order valence-electron chi connectivity index (χ3n) is 2.31. The Bertz CT molecular complexity index is 650. The first kappa shape index (κ1) is 14.9. The fraction of sp³-hybridized carbons (Fsp3) is 0.333. The number of hydrogen-bond donors (Lipinski definition) is 2. The molecule has 0 heterocycles. The molecule has 0 spiro atoms. The number of hydrogen-bond acceptors (Lipinski definition) is 4. The van der Waals surface area contributed by atoms with Crippen LogP contribution in [0.25, 0.3) is 0 Å². The molecule has 0 aliphatic heterocycles. The summed E-state index contributed by atoms with van der Waals surface area (Å²) in [7, 11) is -4.84. The molecule has 3 N–H and O–H groups in total. The fourth-order valence-corrected chi connectivity index (χ4v) is 2.75. The molecule has 0 unspecified atom stereocenters. The summed E-state index contributed by atoms with van der Waals surface area (Å²) in [6, 6.07) is 4.20. The molecule has 1 aromatic carbocycles. The van der Waals surface area contributed by atoms with Gasteiger partial charge in [0, 0.05) is 14.1 Å². The number of anilines is 1. The molecule has 7 nitrogen and oxygen atoms in total. The van der Waals surface area contributed by atoms with Crippen LogP contribution in [0, 0.1) is 6.92 Å². The van der Waals surface area contributed by atoms with E-state index in [1.165, 1.54) is 39.2 Å². The second-order valence-electron chi connectivity index (χ2n) is 3.86. The summed E-state index contributed by atoms with van der Waals surface area (Å²) in [5.74, 6) is 0. The Morgan fingerprint density at radius 3 is 2.17 bits per heavy atom. The van der Waals surface area contributed by atoms with Gasteiger partial charge in [-0.25, -0.2) is 13.6 Å². The van der Waals surface area contributed by atoms with Crippen LogP contribution in [0.2, 0.25) is 0 Å². The summed E-state index contributed by atoms with van der Waals surface area (Å²) < 4.78 is 49.1. The van der Waals surface area contributed by atoms with Crippen LogP contribution in [0.4, 0.5) is 5.69 Å². The van der Waals surface area contributed by atoms with E-state index >= 15 is 0 Å². The maximum Gasteiger partial charge on any atom is 0.301 e. The number of primary sulfonamides is 1. The van der Waals surface area contributed by atoms with E-state index in [2.05, 4.69) is 4.72 Å². The van der Waals surface area contributed by atoms with E-state index in [9.17, 15) is 16.8 Å².